The van der Waals surface area contributed by atoms with Gasteiger partial charge in [0.1, 0.15) is 11.5 Å². The topological polar surface area (TPSA) is 105 Å². The highest BCUT2D eigenvalue weighted by atomic mass is 32.2. The number of hydrogen-bond acceptors (Lipinski definition) is 6. The predicted molar refractivity (Wildman–Crippen MR) is 130 cm³/mol. The van der Waals surface area contributed by atoms with Crippen LogP contribution >= 0.6 is 11.8 Å². The molecular weight excluding hydrogens is 459 g/mol. The van der Waals surface area contributed by atoms with Crippen molar-refractivity contribution in [2.45, 2.75) is 0 Å². The van der Waals surface area contributed by atoms with Crippen LogP contribution in [0.1, 0.15) is 5.56 Å². The van der Waals surface area contributed by atoms with Crippen molar-refractivity contribution in [3.8, 4) is 0 Å². The van der Waals surface area contributed by atoms with Gasteiger partial charge < -0.3 is 5.32 Å². The third-order valence-corrected chi connectivity index (χ3v) is 5.63. The number of nitrogens with one attached hydrogen (secondary N) is 1. The summed E-state index contributed by atoms with van der Waals surface area (Å²) in [5.41, 5.74) is 1.51. The molecule has 1 N–H and O–H groups in total. The fraction of sp³-hybridized carbons (Fsp3) is 0.0417. The molecule has 0 saturated heterocycles. The zero-order chi connectivity index (χ0) is 24.1. The quantitative estimate of drug-likeness (QED) is 0.311. The van der Waals surface area contributed by atoms with Gasteiger partial charge in [-0.3, -0.25) is 24.6 Å². The van der Waals surface area contributed by atoms with Crippen LogP contribution < -0.4 is 10.2 Å². The summed E-state index contributed by atoms with van der Waals surface area (Å²) in [5, 5.41) is 13.8. The first-order valence-electron chi connectivity index (χ1n) is 10.0. The van der Waals surface area contributed by atoms with E-state index in [1.54, 1.807) is 6.08 Å². The van der Waals surface area contributed by atoms with E-state index in [4.69, 9.17) is 0 Å². The lowest BCUT2D eigenvalue weighted by molar-refractivity contribution is -0.384. The maximum absolute atomic E-state index is 13.4. The summed E-state index contributed by atoms with van der Waals surface area (Å²) in [5.74, 6) is -1.39. The summed E-state index contributed by atoms with van der Waals surface area (Å²) >= 11 is 1.02. The molecule has 0 saturated carbocycles. The lowest BCUT2D eigenvalue weighted by Gasteiger charge is -2.17. The Kier molecular flexibility index (Phi) is 6.79. The first kappa shape index (κ1) is 22.9. The fourth-order valence-electron chi connectivity index (χ4n) is 3.14. The van der Waals surface area contributed by atoms with E-state index in [1.807, 2.05) is 30.3 Å². The van der Waals surface area contributed by atoms with Crippen LogP contribution in [0, 0.1) is 15.9 Å². The maximum Gasteiger partial charge on any atom is 0.283 e. The van der Waals surface area contributed by atoms with E-state index >= 15 is 0 Å². The van der Waals surface area contributed by atoms with Crippen LogP contribution in [0.4, 0.5) is 21.5 Å². The van der Waals surface area contributed by atoms with Gasteiger partial charge in [-0.05, 0) is 42.0 Å². The summed E-state index contributed by atoms with van der Waals surface area (Å²) in [6.45, 7) is 0. The molecule has 0 unspecified atom stereocenters. The second-order valence-corrected chi connectivity index (χ2v) is 8.04. The molecule has 3 aromatic carbocycles. The summed E-state index contributed by atoms with van der Waals surface area (Å²) in [6, 6.07) is 20.2. The van der Waals surface area contributed by atoms with Gasteiger partial charge in [0.2, 0.25) is 5.91 Å². The van der Waals surface area contributed by atoms with Gasteiger partial charge >= 0.3 is 0 Å². The highest BCUT2D eigenvalue weighted by Gasteiger charge is 2.32. The fourth-order valence-corrected chi connectivity index (χ4v) is 3.96. The zero-order valence-corrected chi connectivity index (χ0v) is 18.4. The van der Waals surface area contributed by atoms with E-state index in [2.05, 4.69) is 10.3 Å². The number of carbonyl (C=O) groups is 2. The van der Waals surface area contributed by atoms with E-state index < -0.39 is 22.6 Å². The molecule has 10 heteroatoms. The zero-order valence-electron chi connectivity index (χ0n) is 17.6. The number of nitrogens with zero attached hydrogens (tertiary/aromatic N) is 3. The molecule has 0 radical (unpaired) electrons. The molecule has 3 aromatic rings. The monoisotopic (exact) mass is 476 g/mol. The molecule has 0 atom stereocenters. The lowest BCUT2D eigenvalue weighted by Crippen LogP contribution is -2.31. The van der Waals surface area contributed by atoms with Gasteiger partial charge in [-0.1, -0.05) is 48.2 Å². The van der Waals surface area contributed by atoms with Crippen molar-refractivity contribution in [3.05, 3.63) is 106 Å². The minimum absolute atomic E-state index is 0.106. The molecular formula is C24H17FN4O4S. The number of carbonyl (C=O) groups excluding carboxylic acids is 2. The van der Waals surface area contributed by atoms with E-state index in [9.17, 15) is 24.1 Å². The number of hydrogen-bond donors (Lipinski definition) is 1. The second kappa shape index (κ2) is 10.1. The molecule has 8 nitrogen and oxygen atoms in total. The first-order valence-corrected chi connectivity index (χ1v) is 11.0. The Morgan fingerprint density at radius 1 is 1.09 bits per heavy atom. The van der Waals surface area contributed by atoms with Crippen molar-refractivity contribution >= 4 is 51.9 Å². The predicted octanol–water partition coefficient (Wildman–Crippen LogP) is 4.85. The molecule has 34 heavy (non-hydrogen) atoms. The molecule has 0 fully saturated rings. The molecule has 0 aromatic heterocycles. The van der Waals surface area contributed by atoms with Crippen molar-refractivity contribution in [1.29, 1.82) is 0 Å². The standard InChI is InChI=1S/C24H17FN4O4S/c25-17-9-11-19(12-10-17)28-23(31)21(13-16-5-2-1-3-6-16)27-24(28)34-15-22(30)26-18-7-4-8-20(14-18)29(32)33/h1-14H,15H2,(H,26,30). The van der Waals surface area contributed by atoms with Crippen LogP contribution in [-0.2, 0) is 9.59 Å². The molecule has 4 rings (SSSR count). The van der Waals surface area contributed by atoms with Crippen molar-refractivity contribution in [2.75, 3.05) is 16.0 Å². The molecule has 0 aliphatic carbocycles. The van der Waals surface area contributed by atoms with Gasteiger partial charge in [-0.15, -0.1) is 0 Å². The van der Waals surface area contributed by atoms with Gasteiger partial charge in [0.15, 0.2) is 5.17 Å². The Hall–Kier alpha value is -4.31. The molecule has 170 valence electrons. The smallest absolute Gasteiger partial charge is 0.283 e. The summed E-state index contributed by atoms with van der Waals surface area (Å²) in [7, 11) is 0. The van der Waals surface area contributed by atoms with Crippen LogP contribution in [0.25, 0.3) is 6.08 Å². The molecule has 1 aliphatic heterocycles. The average Bonchev–Trinajstić information content (AvgIpc) is 3.14. The number of halogens is 1. The number of benzene rings is 3. The van der Waals surface area contributed by atoms with Crippen LogP contribution in [0.2, 0.25) is 0 Å². The Bertz CT molecular complexity index is 1310. The average molecular weight is 476 g/mol. The molecule has 1 heterocycles. The normalized spacial score (nSPS) is 14.3. The molecule has 0 bridgehead atoms. The van der Waals surface area contributed by atoms with Crippen LogP contribution in [0.3, 0.4) is 0 Å². The van der Waals surface area contributed by atoms with Crippen LogP contribution in [-0.4, -0.2) is 27.7 Å². The summed E-state index contributed by atoms with van der Waals surface area (Å²) < 4.78 is 13.4. The number of nitro benzene ring substituents is 1. The Balaban J connectivity index is 1.54. The van der Waals surface area contributed by atoms with E-state index in [1.165, 1.54) is 53.4 Å². The van der Waals surface area contributed by atoms with Gasteiger partial charge in [0.25, 0.3) is 11.6 Å². The number of thioether (sulfide) groups is 1. The third kappa shape index (κ3) is 5.36. The van der Waals surface area contributed by atoms with Crippen molar-refractivity contribution in [1.82, 2.24) is 0 Å². The molecule has 1 aliphatic rings. The van der Waals surface area contributed by atoms with Crippen LogP contribution in [0.5, 0.6) is 0 Å². The van der Waals surface area contributed by atoms with Gasteiger partial charge in [0.05, 0.1) is 16.4 Å². The second-order valence-electron chi connectivity index (χ2n) is 7.10. The Labute approximate surface area is 198 Å². The number of anilines is 2. The van der Waals surface area contributed by atoms with Crippen molar-refractivity contribution in [2.24, 2.45) is 4.99 Å². The highest BCUT2D eigenvalue weighted by Crippen LogP contribution is 2.29. The summed E-state index contributed by atoms with van der Waals surface area (Å²) in [6.07, 6.45) is 1.63. The molecule has 2 amide bonds. The highest BCUT2D eigenvalue weighted by molar-refractivity contribution is 8.14. The molecule has 0 spiro atoms. The van der Waals surface area contributed by atoms with Crippen molar-refractivity contribution in [3.63, 3.8) is 0 Å². The van der Waals surface area contributed by atoms with Crippen molar-refractivity contribution < 1.29 is 18.9 Å². The van der Waals surface area contributed by atoms with Crippen LogP contribution in [0.15, 0.2) is 89.6 Å². The van der Waals surface area contributed by atoms with Gasteiger partial charge in [-0.25, -0.2) is 9.38 Å². The number of amidine groups is 1. The number of rotatable bonds is 6. The van der Waals surface area contributed by atoms with E-state index in [0.29, 0.717) is 5.69 Å². The number of aliphatic imine (C=N–C) groups is 1. The van der Waals surface area contributed by atoms with Gasteiger partial charge in [0, 0.05) is 17.8 Å². The van der Waals surface area contributed by atoms with E-state index in [-0.39, 0.29) is 28.0 Å². The number of non-ortho nitro benzene ring substituents is 1. The number of nitro groups is 1. The minimum atomic E-state index is -0.551. The lowest BCUT2D eigenvalue weighted by atomic mass is 10.2. The largest absolute Gasteiger partial charge is 0.325 e. The third-order valence-electron chi connectivity index (χ3n) is 4.69. The SMILES string of the molecule is O=C(CSC1=NC(=Cc2ccccc2)C(=O)N1c1ccc(F)cc1)Nc1cccc([N+](=O)[O-])c1. The maximum atomic E-state index is 13.4. The summed E-state index contributed by atoms with van der Waals surface area (Å²) in [4.78, 5) is 41.7. The number of amides is 2. The van der Waals surface area contributed by atoms with E-state index in [0.717, 1.165) is 17.3 Å². The first-order chi connectivity index (χ1) is 16.4. The minimum Gasteiger partial charge on any atom is -0.325 e. The Morgan fingerprint density at radius 2 is 1.82 bits per heavy atom. The Morgan fingerprint density at radius 3 is 2.53 bits per heavy atom. The van der Waals surface area contributed by atoms with Gasteiger partial charge in [-0.2, -0.15) is 0 Å².